The number of hydrogen-bond acceptors (Lipinski definition) is 5. The number of piperazine rings is 1. The largest absolute Gasteiger partial charge is 0.353 e. The van der Waals surface area contributed by atoms with Gasteiger partial charge in [0, 0.05) is 38.1 Å². The van der Waals surface area contributed by atoms with Crippen molar-refractivity contribution in [2.75, 3.05) is 19.6 Å². The zero-order valence-electron chi connectivity index (χ0n) is 25.6. The molecule has 4 N–H and O–H groups in total. The molecule has 43 heavy (non-hydrogen) atoms. The Bertz CT molecular complexity index is 1270. The first kappa shape index (κ1) is 34.8. The fourth-order valence-corrected chi connectivity index (χ4v) is 5.61. The summed E-state index contributed by atoms with van der Waals surface area (Å²) in [4.78, 5) is 44.4. The van der Waals surface area contributed by atoms with Crippen molar-refractivity contribution in [3.63, 3.8) is 0 Å². The third-order valence-electron chi connectivity index (χ3n) is 7.55. The minimum absolute atomic E-state index is 0.0410. The first-order valence-corrected chi connectivity index (χ1v) is 15.6. The summed E-state index contributed by atoms with van der Waals surface area (Å²) in [5.74, 6) is -1.16. The van der Waals surface area contributed by atoms with Crippen LogP contribution in [0.4, 0.5) is 4.39 Å². The first-order valence-electron chi connectivity index (χ1n) is 14.8. The van der Waals surface area contributed by atoms with Crippen LogP contribution in [-0.4, -0.2) is 76.9 Å². The van der Waals surface area contributed by atoms with Crippen molar-refractivity contribution >= 4 is 40.9 Å². The summed E-state index contributed by atoms with van der Waals surface area (Å²) < 4.78 is 13.6. The van der Waals surface area contributed by atoms with E-state index in [9.17, 15) is 18.8 Å². The Morgan fingerprint density at radius 3 is 2.23 bits per heavy atom. The van der Waals surface area contributed by atoms with Gasteiger partial charge in [0.25, 0.3) is 0 Å². The molecule has 0 aromatic heterocycles. The molecule has 236 valence electrons. The molecule has 0 saturated carbocycles. The van der Waals surface area contributed by atoms with Crippen molar-refractivity contribution in [2.24, 2.45) is 5.73 Å². The van der Waals surface area contributed by atoms with Gasteiger partial charge in [-0.1, -0.05) is 54.7 Å². The smallest absolute Gasteiger partial charge is 0.245 e. The van der Waals surface area contributed by atoms with E-state index in [1.165, 1.54) is 12.1 Å². The van der Waals surface area contributed by atoms with Gasteiger partial charge in [-0.3, -0.25) is 19.3 Å². The number of hydrogen-bond donors (Lipinski definition) is 3. The van der Waals surface area contributed by atoms with Crippen molar-refractivity contribution in [2.45, 2.75) is 90.0 Å². The SMILES string of the molecule is CCCC1CN(C(Cc2ccc(Cl)c(Cl)c2)C(=O)NC(C)C)CCN1C(=O)C(Cc1ccc(F)cc1)NC(=O)C(C)(C)N. The number of nitrogens with zero attached hydrogens (tertiary/aromatic N) is 2. The molecule has 1 fully saturated rings. The molecular weight excluding hydrogens is 592 g/mol. The van der Waals surface area contributed by atoms with Crippen LogP contribution < -0.4 is 16.4 Å². The van der Waals surface area contributed by atoms with Gasteiger partial charge in [0.15, 0.2) is 0 Å². The van der Waals surface area contributed by atoms with Crippen LogP contribution in [0, 0.1) is 5.82 Å². The van der Waals surface area contributed by atoms with Crippen LogP contribution in [0.2, 0.25) is 10.0 Å². The lowest BCUT2D eigenvalue weighted by Gasteiger charge is -2.45. The second-order valence-electron chi connectivity index (χ2n) is 12.2. The molecule has 0 aliphatic carbocycles. The van der Waals surface area contributed by atoms with E-state index in [1.54, 1.807) is 38.1 Å². The lowest BCUT2D eigenvalue weighted by molar-refractivity contribution is -0.143. The van der Waals surface area contributed by atoms with Crippen LogP contribution in [-0.2, 0) is 27.2 Å². The molecule has 8 nitrogen and oxygen atoms in total. The van der Waals surface area contributed by atoms with E-state index in [1.807, 2.05) is 24.8 Å². The van der Waals surface area contributed by atoms with Gasteiger partial charge < -0.3 is 21.3 Å². The van der Waals surface area contributed by atoms with E-state index < -0.39 is 23.5 Å². The number of benzene rings is 2. The number of halogens is 3. The number of rotatable bonds is 12. The summed E-state index contributed by atoms with van der Waals surface area (Å²) in [6.45, 7) is 10.4. The Kier molecular flexibility index (Phi) is 12.4. The standard InChI is InChI=1S/C32H44Cl2FN5O3/c1-6-7-24-19-39(28(29(41)37-20(2)3)18-22-10-13-25(33)26(34)16-22)14-15-40(24)30(42)27(38-31(43)32(4,5)36)17-21-8-11-23(35)12-9-21/h8-13,16,20,24,27-28H,6-7,14-15,17-19,36H2,1-5H3,(H,37,41)(H,38,43). The van der Waals surface area contributed by atoms with Gasteiger partial charge in [-0.05, 0) is 75.9 Å². The maximum absolute atomic E-state index is 14.1. The molecule has 11 heteroatoms. The molecule has 1 aliphatic rings. The molecule has 1 heterocycles. The molecule has 0 radical (unpaired) electrons. The average molecular weight is 637 g/mol. The van der Waals surface area contributed by atoms with Crippen LogP contribution >= 0.6 is 23.2 Å². The Morgan fingerprint density at radius 1 is 1.00 bits per heavy atom. The summed E-state index contributed by atoms with van der Waals surface area (Å²) in [6, 6.07) is 9.67. The second kappa shape index (κ2) is 15.3. The Hall–Kier alpha value is -2.72. The molecule has 3 amide bonds. The van der Waals surface area contributed by atoms with E-state index >= 15 is 0 Å². The Labute approximate surface area is 264 Å². The Balaban J connectivity index is 1.87. The number of carbonyl (C=O) groups excluding carboxylic acids is 3. The highest BCUT2D eigenvalue weighted by Crippen LogP contribution is 2.25. The maximum Gasteiger partial charge on any atom is 0.245 e. The molecule has 2 aromatic rings. The molecule has 1 saturated heterocycles. The van der Waals surface area contributed by atoms with Gasteiger partial charge in [0.1, 0.15) is 11.9 Å². The van der Waals surface area contributed by atoms with Gasteiger partial charge in [0.2, 0.25) is 17.7 Å². The zero-order chi connectivity index (χ0) is 31.9. The third-order valence-corrected chi connectivity index (χ3v) is 8.29. The van der Waals surface area contributed by atoms with Crippen molar-refractivity contribution in [1.82, 2.24) is 20.4 Å². The van der Waals surface area contributed by atoms with Crippen LogP contribution in [0.25, 0.3) is 0 Å². The van der Waals surface area contributed by atoms with Crippen molar-refractivity contribution in [3.8, 4) is 0 Å². The highest BCUT2D eigenvalue weighted by Gasteiger charge is 2.39. The lowest BCUT2D eigenvalue weighted by atomic mass is 9.97. The monoisotopic (exact) mass is 635 g/mol. The van der Waals surface area contributed by atoms with E-state index in [4.69, 9.17) is 28.9 Å². The minimum atomic E-state index is -1.19. The van der Waals surface area contributed by atoms with Gasteiger partial charge in [-0.15, -0.1) is 0 Å². The van der Waals surface area contributed by atoms with Crippen LogP contribution in [0.3, 0.4) is 0 Å². The van der Waals surface area contributed by atoms with E-state index in [-0.39, 0.29) is 36.1 Å². The number of carbonyl (C=O) groups is 3. The molecule has 2 aromatic carbocycles. The molecule has 0 bridgehead atoms. The predicted octanol–water partition coefficient (Wildman–Crippen LogP) is 4.35. The normalized spacial score (nSPS) is 17.4. The molecule has 3 unspecified atom stereocenters. The Morgan fingerprint density at radius 2 is 1.65 bits per heavy atom. The topological polar surface area (TPSA) is 108 Å². The summed E-state index contributed by atoms with van der Waals surface area (Å²) >= 11 is 12.4. The van der Waals surface area contributed by atoms with Gasteiger partial charge >= 0.3 is 0 Å². The summed E-state index contributed by atoms with van der Waals surface area (Å²) in [7, 11) is 0. The molecule has 1 aliphatic heterocycles. The fourth-order valence-electron chi connectivity index (χ4n) is 5.29. The molecule has 3 atom stereocenters. The zero-order valence-corrected chi connectivity index (χ0v) is 27.1. The first-order chi connectivity index (χ1) is 20.2. The molecule has 3 rings (SSSR count). The predicted molar refractivity (Wildman–Crippen MR) is 170 cm³/mol. The van der Waals surface area contributed by atoms with Gasteiger partial charge in [0.05, 0.1) is 21.6 Å². The molecular formula is C32H44Cl2FN5O3. The quantitative estimate of drug-likeness (QED) is 0.321. The van der Waals surface area contributed by atoms with Crippen LogP contribution in [0.15, 0.2) is 42.5 Å². The van der Waals surface area contributed by atoms with Crippen molar-refractivity contribution in [3.05, 3.63) is 69.5 Å². The molecule has 0 spiro atoms. The van der Waals surface area contributed by atoms with E-state index in [0.717, 1.165) is 12.0 Å². The number of nitrogens with two attached hydrogens (primary N) is 1. The number of nitrogens with one attached hydrogen (secondary N) is 2. The van der Waals surface area contributed by atoms with Crippen LogP contribution in [0.5, 0.6) is 0 Å². The van der Waals surface area contributed by atoms with E-state index in [0.29, 0.717) is 48.1 Å². The van der Waals surface area contributed by atoms with Gasteiger partial charge in [-0.25, -0.2) is 4.39 Å². The summed E-state index contributed by atoms with van der Waals surface area (Å²) in [6.07, 6.45) is 2.16. The summed E-state index contributed by atoms with van der Waals surface area (Å²) in [5.41, 5.74) is 6.45. The minimum Gasteiger partial charge on any atom is -0.353 e. The highest BCUT2D eigenvalue weighted by atomic mass is 35.5. The summed E-state index contributed by atoms with van der Waals surface area (Å²) in [5, 5.41) is 6.77. The highest BCUT2D eigenvalue weighted by molar-refractivity contribution is 6.42. The second-order valence-corrected chi connectivity index (χ2v) is 13.0. The lowest BCUT2D eigenvalue weighted by Crippen LogP contribution is -2.64. The maximum atomic E-state index is 14.1. The third kappa shape index (κ3) is 9.89. The van der Waals surface area contributed by atoms with Gasteiger partial charge in [-0.2, -0.15) is 0 Å². The van der Waals surface area contributed by atoms with Crippen LogP contribution in [0.1, 0.15) is 58.6 Å². The van der Waals surface area contributed by atoms with Crippen molar-refractivity contribution < 1.29 is 18.8 Å². The average Bonchev–Trinajstić information content (AvgIpc) is 2.93. The van der Waals surface area contributed by atoms with E-state index in [2.05, 4.69) is 22.5 Å². The number of amides is 3. The fraction of sp³-hybridized carbons (Fsp3) is 0.531. The van der Waals surface area contributed by atoms with Crippen molar-refractivity contribution in [1.29, 1.82) is 0 Å².